The molecule has 1 aromatic heterocycles. The minimum absolute atomic E-state index is 0.0629. The van der Waals surface area contributed by atoms with Crippen LogP contribution in [-0.4, -0.2) is 12.7 Å². The van der Waals surface area contributed by atoms with Crippen molar-refractivity contribution >= 4 is 11.3 Å². The van der Waals surface area contributed by atoms with E-state index in [0.29, 0.717) is 6.61 Å². The molecule has 0 radical (unpaired) electrons. The molecule has 2 atom stereocenters. The first kappa shape index (κ1) is 12.5. The van der Waals surface area contributed by atoms with Gasteiger partial charge in [0.2, 0.25) is 0 Å². The number of nitrogens with two attached hydrogens (primary N) is 1. The van der Waals surface area contributed by atoms with Crippen molar-refractivity contribution in [3.8, 4) is 11.5 Å². The van der Waals surface area contributed by atoms with Gasteiger partial charge in [-0.3, -0.25) is 5.84 Å². The fourth-order valence-electron chi connectivity index (χ4n) is 2.19. The topological polar surface area (TPSA) is 56.5 Å². The number of aryl methyl sites for hydroxylation is 1. The highest BCUT2D eigenvalue weighted by Crippen LogP contribution is 2.35. The standard InChI is InChI=1S/C14H16N2O2S/c1-9-6-7-13(19-9)14(16-15)12-8-17-10-4-2-3-5-11(10)18-12/h2-7,12,14,16H,8,15H2,1H3. The lowest BCUT2D eigenvalue weighted by atomic mass is 10.1. The molecule has 1 aromatic carbocycles. The summed E-state index contributed by atoms with van der Waals surface area (Å²) in [5.41, 5.74) is 2.84. The Kier molecular flexibility index (Phi) is 3.42. The molecule has 0 aliphatic carbocycles. The van der Waals surface area contributed by atoms with Crippen molar-refractivity contribution < 1.29 is 9.47 Å². The number of thiophene rings is 1. The van der Waals surface area contributed by atoms with Crippen molar-refractivity contribution in [2.75, 3.05) is 6.61 Å². The minimum Gasteiger partial charge on any atom is -0.486 e. The fraction of sp³-hybridized carbons (Fsp3) is 0.286. The van der Waals surface area contributed by atoms with E-state index in [1.165, 1.54) is 4.88 Å². The van der Waals surface area contributed by atoms with Crippen LogP contribution in [-0.2, 0) is 0 Å². The van der Waals surface area contributed by atoms with Gasteiger partial charge in [0.05, 0.1) is 6.04 Å². The maximum atomic E-state index is 5.99. The third-order valence-corrected chi connectivity index (χ3v) is 4.23. The number of hydrogen-bond acceptors (Lipinski definition) is 5. The van der Waals surface area contributed by atoms with Gasteiger partial charge in [0.1, 0.15) is 6.61 Å². The van der Waals surface area contributed by atoms with Crippen molar-refractivity contribution in [1.29, 1.82) is 0 Å². The molecule has 0 fully saturated rings. The molecule has 0 saturated heterocycles. The summed E-state index contributed by atoms with van der Waals surface area (Å²) in [7, 11) is 0. The second-order valence-electron chi connectivity index (χ2n) is 4.51. The van der Waals surface area contributed by atoms with E-state index in [1.54, 1.807) is 11.3 Å². The van der Waals surface area contributed by atoms with Gasteiger partial charge in [-0.2, -0.15) is 0 Å². The predicted molar refractivity (Wildman–Crippen MR) is 75.5 cm³/mol. The van der Waals surface area contributed by atoms with E-state index >= 15 is 0 Å². The summed E-state index contributed by atoms with van der Waals surface area (Å²) in [5, 5.41) is 0. The molecule has 2 aromatic rings. The van der Waals surface area contributed by atoms with Crippen LogP contribution in [0.4, 0.5) is 0 Å². The van der Waals surface area contributed by atoms with Gasteiger partial charge in [-0.25, -0.2) is 5.43 Å². The normalized spacial score (nSPS) is 19.2. The van der Waals surface area contributed by atoms with Gasteiger partial charge in [-0.1, -0.05) is 12.1 Å². The third-order valence-electron chi connectivity index (χ3n) is 3.15. The fourth-order valence-corrected chi connectivity index (χ4v) is 3.18. The highest BCUT2D eigenvalue weighted by molar-refractivity contribution is 7.12. The molecule has 4 nitrogen and oxygen atoms in total. The maximum absolute atomic E-state index is 5.99. The quantitative estimate of drug-likeness (QED) is 0.667. The second-order valence-corrected chi connectivity index (χ2v) is 5.83. The number of hydrazine groups is 1. The summed E-state index contributed by atoms with van der Waals surface area (Å²) in [6.07, 6.45) is -0.127. The van der Waals surface area contributed by atoms with Crippen molar-refractivity contribution in [2.45, 2.75) is 19.1 Å². The molecule has 2 heterocycles. The zero-order chi connectivity index (χ0) is 13.2. The molecule has 1 aliphatic heterocycles. The molecule has 19 heavy (non-hydrogen) atoms. The van der Waals surface area contributed by atoms with Crippen LogP contribution in [0, 0.1) is 6.92 Å². The molecular formula is C14H16N2O2S. The zero-order valence-corrected chi connectivity index (χ0v) is 11.4. The Hall–Kier alpha value is -1.56. The van der Waals surface area contributed by atoms with Crippen LogP contribution in [0.25, 0.3) is 0 Å². The summed E-state index contributed by atoms with van der Waals surface area (Å²) in [5.74, 6) is 7.25. The van der Waals surface area contributed by atoms with E-state index < -0.39 is 0 Å². The first-order valence-electron chi connectivity index (χ1n) is 6.19. The van der Waals surface area contributed by atoms with E-state index in [0.717, 1.165) is 16.4 Å². The molecular weight excluding hydrogens is 260 g/mol. The first-order chi connectivity index (χ1) is 9.28. The van der Waals surface area contributed by atoms with E-state index in [2.05, 4.69) is 24.5 Å². The van der Waals surface area contributed by atoms with Crippen molar-refractivity contribution in [3.63, 3.8) is 0 Å². The lowest BCUT2D eigenvalue weighted by Gasteiger charge is -2.31. The number of para-hydroxylation sites is 2. The highest BCUT2D eigenvalue weighted by atomic mass is 32.1. The van der Waals surface area contributed by atoms with Crippen molar-refractivity contribution in [2.24, 2.45) is 5.84 Å². The Balaban J connectivity index is 1.83. The smallest absolute Gasteiger partial charge is 0.161 e. The van der Waals surface area contributed by atoms with Gasteiger partial charge in [-0.05, 0) is 31.2 Å². The van der Waals surface area contributed by atoms with Crippen LogP contribution >= 0.6 is 11.3 Å². The number of ether oxygens (including phenoxy) is 2. The van der Waals surface area contributed by atoms with Crippen LogP contribution < -0.4 is 20.7 Å². The maximum Gasteiger partial charge on any atom is 0.161 e. The lowest BCUT2D eigenvalue weighted by molar-refractivity contribution is 0.0626. The minimum atomic E-state index is -0.127. The molecule has 0 saturated carbocycles. The van der Waals surface area contributed by atoms with Crippen LogP contribution in [0.2, 0.25) is 0 Å². The van der Waals surface area contributed by atoms with E-state index in [4.69, 9.17) is 15.3 Å². The molecule has 5 heteroatoms. The van der Waals surface area contributed by atoms with Gasteiger partial charge in [0.25, 0.3) is 0 Å². The average molecular weight is 276 g/mol. The van der Waals surface area contributed by atoms with Gasteiger partial charge in [0.15, 0.2) is 17.6 Å². The number of benzene rings is 1. The summed E-state index contributed by atoms with van der Waals surface area (Å²) in [6, 6.07) is 11.8. The van der Waals surface area contributed by atoms with Crippen LogP contribution in [0.15, 0.2) is 36.4 Å². The molecule has 100 valence electrons. The first-order valence-corrected chi connectivity index (χ1v) is 7.00. The Morgan fingerprint density at radius 2 is 2.05 bits per heavy atom. The summed E-state index contributed by atoms with van der Waals surface area (Å²) in [6.45, 7) is 2.57. The van der Waals surface area contributed by atoms with Gasteiger partial charge in [-0.15, -0.1) is 11.3 Å². The van der Waals surface area contributed by atoms with E-state index in [1.807, 2.05) is 24.3 Å². The Bertz CT molecular complexity index is 570. The number of rotatable bonds is 3. The van der Waals surface area contributed by atoms with Crippen molar-refractivity contribution in [3.05, 3.63) is 46.2 Å². The predicted octanol–water partition coefficient (Wildman–Crippen LogP) is 2.40. The van der Waals surface area contributed by atoms with E-state index in [-0.39, 0.29) is 12.1 Å². The molecule has 0 spiro atoms. The number of hydrogen-bond donors (Lipinski definition) is 2. The molecule has 0 bridgehead atoms. The molecule has 2 unspecified atom stereocenters. The van der Waals surface area contributed by atoms with Crippen LogP contribution in [0.3, 0.4) is 0 Å². The largest absolute Gasteiger partial charge is 0.486 e. The van der Waals surface area contributed by atoms with Gasteiger partial charge >= 0.3 is 0 Å². The summed E-state index contributed by atoms with van der Waals surface area (Å²) < 4.78 is 11.7. The van der Waals surface area contributed by atoms with Gasteiger partial charge < -0.3 is 9.47 Å². The number of fused-ring (bicyclic) bond motifs is 1. The molecule has 1 aliphatic rings. The lowest BCUT2D eigenvalue weighted by Crippen LogP contribution is -2.43. The third kappa shape index (κ3) is 2.45. The average Bonchev–Trinajstić information content (AvgIpc) is 2.86. The molecule has 3 rings (SSSR count). The molecule has 0 amide bonds. The second kappa shape index (κ2) is 5.21. The van der Waals surface area contributed by atoms with Crippen molar-refractivity contribution in [1.82, 2.24) is 5.43 Å². The monoisotopic (exact) mass is 276 g/mol. The summed E-state index contributed by atoms with van der Waals surface area (Å²) >= 11 is 1.72. The zero-order valence-electron chi connectivity index (χ0n) is 10.6. The Morgan fingerprint density at radius 3 is 2.74 bits per heavy atom. The Labute approximate surface area is 116 Å². The highest BCUT2D eigenvalue weighted by Gasteiger charge is 2.30. The van der Waals surface area contributed by atoms with E-state index in [9.17, 15) is 0 Å². The number of nitrogens with one attached hydrogen (secondary N) is 1. The molecule has 3 N–H and O–H groups in total. The van der Waals surface area contributed by atoms with Crippen LogP contribution in [0.5, 0.6) is 11.5 Å². The SMILES string of the molecule is Cc1ccc(C(NN)C2COc3ccccc3O2)s1. The van der Waals surface area contributed by atoms with Gasteiger partial charge in [0, 0.05) is 9.75 Å². The Morgan fingerprint density at radius 1 is 1.26 bits per heavy atom. The summed E-state index contributed by atoms with van der Waals surface area (Å²) in [4.78, 5) is 2.42. The van der Waals surface area contributed by atoms with Crippen LogP contribution in [0.1, 0.15) is 15.8 Å².